The van der Waals surface area contributed by atoms with Crippen molar-refractivity contribution in [2.75, 3.05) is 13.2 Å². The molecule has 1 heterocycles. The topological polar surface area (TPSA) is 72.8 Å². The molecule has 3 fully saturated rings. The molecule has 0 aromatic rings. The van der Waals surface area contributed by atoms with Crippen LogP contribution < -0.4 is 0 Å². The Morgan fingerprint density at radius 1 is 1.31 bits per heavy atom. The number of ketones is 2. The smallest absolute Gasteiger partial charge is 0.143 e. The fourth-order valence-electron chi connectivity index (χ4n) is 6.37. The lowest BCUT2D eigenvalue weighted by Gasteiger charge is -2.58. The predicted octanol–water partition coefficient (Wildman–Crippen LogP) is 2.45. The molecule has 26 heavy (non-hydrogen) atoms. The van der Waals surface area contributed by atoms with Crippen molar-refractivity contribution in [2.24, 2.45) is 22.7 Å². The number of Topliss-reactive ketones (excluding diaryl/α,β-unsaturated/α-hetero) is 2. The molecule has 4 rings (SSSR count). The summed E-state index contributed by atoms with van der Waals surface area (Å²) in [5.74, 6) is -0.139. The lowest BCUT2D eigenvalue weighted by molar-refractivity contribution is -0.173. The standard InChI is InChI=1S/C21H30O5/c1-12(22)10-20(2)11-15(23)17-13(19(20)24)4-5-14-18-16(25-8-9-26-18)6-7-21(14,17)3/h5,13,15-18,23H,4,6-11H2,1-3H3. The van der Waals surface area contributed by atoms with Gasteiger partial charge in [0, 0.05) is 23.7 Å². The highest BCUT2D eigenvalue weighted by Crippen LogP contribution is 2.59. The summed E-state index contributed by atoms with van der Waals surface area (Å²) >= 11 is 0. The number of aliphatic hydroxyl groups excluding tert-OH is 1. The quantitative estimate of drug-likeness (QED) is 0.764. The molecule has 2 saturated carbocycles. The van der Waals surface area contributed by atoms with E-state index in [1.807, 2.05) is 6.92 Å². The zero-order valence-corrected chi connectivity index (χ0v) is 16.0. The van der Waals surface area contributed by atoms with E-state index in [4.69, 9.17) is 9.47 Å². The van der Waals surface area contributed by atoms with Gasteiger partial charge in [0.15, 0.2) is 0 Å². The molecule has 5 nitrogen and oxygen atoms in total. The summed E-state index contributed by atoms with van der Waals surface area (Å²) in [7, 11) is 0. The Labute approximate surface area is 155 Å². The Kier molecular flexibility index (Phi) is 4.41. The third-order valence-electron chi connectivity index (χ3n) is 7.37. The van der Waals surface area contributed by atoms with Crippen LogP contribution in [0.2, 0.25) is 0 Å². The fraction of sp³-hybridized carbons (Fsp3) is 0.810. The number of rotatable bonds is 2. The summed E-state index contributed by atoms with van der Waals surface area (Å²) in [5, 5.41) is 11.1. The van der Waals surface area contributed by atoms with E-state index >= 15 is 0 Å². The Morgan fingerprint density at radius 2 is 2.04 bits per heavy atom. The van der Waals surface area contributed by atoms with Crippen LogP contribution in [0.5, 0.6) is 0 Å². The van der Waals surface area contributed by atoms with Crippen molar-refractivity contribution in [1.82, 2.24) is 0 Å². The van der Waals surface area contributed by atoms with Gasteiger partial charge in [0.05, 0.1) is 25.4 Å². The molecule has 0 spiro atoms. The molecule has 3 aliphatic carbocycles. The van der Waals surface area contributed by atoms with Crippen molar-refractivity contribution in [3.05, 3.63) is 11.6 Å². The second kappa shape index (κ2) is 6.25. The van der Waals surface area contributed by atoms with Crippen LogP contribution in [0.25, 0.3) is 0 Å². The molecule has 0 aromatic carbocycles. The first-order chi connectivity index (χ1) is 12.3. The number of carbonyl (C=O) groups excluding carboxylic acids is 2. The molecule has 1 saturated heterocycles. The van der Waals surface area contributed by atoms with Crippen LogP contribution in [0.3, 0.4) is 0 Å². The minimum atomic E-state index is -0.740. The fourth-order valence-corrected chi connectivity index (χ4v) is 6.37. The van der Waals surface area contributed by atoms with E-state index in [1.54, 1.807) is 0 Å². The maximum atomic E-state index is 13.3. The van der Waals surface area contributed by atoms with Crippen LogP contribution in [-0.2, 0) is 19.1 Å². The summed E-state index contributed by atoms with van der Waals surface area (Å²) in [4.78, 5) is 25.0. The number of carbonyl (C=O) groups is 2. The van der Waals surface area contributed by atoms with Gasteiger partial charge in [-0.3, -0.25) is 9.59 Å². The maximum Gasteiger partial charge on any atom is 0.143 e. The van der Waals surface area contributed by atoms with E-state index in [1.165, 1.54) is 12.5 Å². The largest absolute Gasteiger partial charge is 0.393 e. The first kappa shape index (κ1) is 18.3. The Hall–Kier alpha value is -1.04. The molecule has 1 aliphatic heterocycles. The number of ether oxygens (including phenoxy) is 2. The van der Waals surface area contributed by atoms with Gasteiger partial charge < -0.3 is 14.6 Å². The van der Waals surface area contributed by atoms with Gasteiger partial charge in [0.2, 0.25) is 0 Å². The van der Waals surface area contributed by atoms with Crippen molar-refractivity contribution in [3.63, 3.8) is 0 Å². The van der Waals surface area contributed by atoms with Crippen LogP contribution in [0, 0.1) is 22.7 Å². The van der Waals surface area contributed by atoms with Crippen LogP contribution in [0.4, 0.5) is 0 Å². The first-order valence-electron chi connectivity index (χ1n) is 9.92. The Balaban J connectivity index is 1.69. The zero-order chi connectivity index (χ0) is 18.7. The number of fused-ring (bicyclic) bond motifs is 5. The van der Waals surface area contributed by atoms with Gasteiger partial charge in [-0.15, -0.1) is 0 Å². The van der Waals surface area contributed by atoms with Gasteiger partial charge in [-0.2, -0.15) is 0 Å². The SMILES string of the molecule is CC(=O)CC1(C)CC(O)C2C(CC=C3C4OCCOC4CCC32C)C1=O. The number of hydrogen-bond donors (Lipinski definition) is 1. The van der Waals surface area contributed by atoms with Crippen LogP contribution >= 0.6 is 0 Å². The van der Waals surface area contributed by atoms with Gasteiger partial charge in [0.1, 0.15) is 17.7 Å². The second-order valence-electron chi connectivity index (χ2n) is 9.26. The number of aliphatic hydroxyl groups is 1. The normalized spacial score (nSPS) is 48.1. The second-order valence-corrected chi connectivity index (χ2v) is 9.26. The molecule has 7 unspecified atom stereocenters. The van der Waals surface area contributed by atoms with Gasteiger partial charge in [-0.1, -0.05) is 19.9 Å². The van der Waals surface area contributed by atoms with E-state index in [9.17, 15) is 14.7 Å². The Bertz CT molecular complexity index is 655. The average molecular weight is 362 g/mol. The van der Waals surface area contributed by atoms with E-state index < -0.39 is 11.5 Å². The van der Waals surface area contributed by atoms with E-state index in [0.29, 0.717) is 26.1 Å². The monoisotopic (exact) mass is 362 g/mol. The summed E-state index contributed by atoms with van der Waals surface area (Å²) < 4.78 is 12.0. The van der Waals surface area contributed by atoms with E-state index in [0.717, 1.165) is 12.8 Å². The van der Waals surface area contributed by atoms with Crippen molar-refractivity contribution >= 4 is 11.6 Å². The van der Waals surface area contributed by atoms with Gasteiger partial charge in [-0.25, -0.2) is 0 Å². The van der Waals surface area contributed by atoms with Crippen LogP contribution in [0.1, 0.15) is 52.9 Å². The molecular formula is C21H30O5. The molecule has 0 aromatic heterocycles. The van der Waals surface area contributed by atoms with Gasteiger partial charge >= 0.3 is 0 Å². The van der Waals surface area contributed by atoms with Crippen molar-refractivity contribution < 1.29 is 24.2 Å². The number of hydrogen-bond acceptors (Lipinski definition) is 5. The molecular weight excluding hydrogens is 332 g/mol. The van der Waals surface area contributed by atoms with E-state index in [2.05, 4.69) is 13.0 Å². The van der Waals surface area contributed by atoms with Gasteiger partial charge in [0.25, 0.3) is 0 Å². The molecule has 144 valence electrons. The molecule has 0 radical (unpaired) electrons. The number of allylic oxidation sites excluding steroid dienone is 1. The van der Waals surface area contributed by atoms with Crippen molar-refractivity contribution in [1.29, 1.82) is 0 Å². The highest BCUT2D eigenvalue weighted by molar-refractivity contribution is 5.93. The van der Waals surface area contributed by atoms with Crippen molar-refractivity contribution in [3.8, 4) is 0 Å². The lowest BCUT2D eigenvalue weighted by atomic mass is 9.48. The molecule has 0 bridgehead atoms. The highest BCUT2D eigenvalue weighted by atomic mass is 16.6. The third-order valence-corrected chi connectivity index (χ3v) is 7.37. The average Bonchev–Trinajstić information content (AvgIpc) is 2.57. The summed E-state index contributed by atoms with van der Waals surface area (Å²) in [6.07, 6.45) is 4.68. The van der Waals surface area contributed by atoms with Crippen molar-refractivity contribution in [2.45, 2.75) is 71.2 Å². The summed E-state index contributed by atoms with van der Waals surface area (Å²) in [5.41, 5.74) is 0.240. The predicted molar refractivity (Wildman–Crippen MR) is 95.5 cm³/mol. The first-order valence-corrected chi connectivity index (χ1v) is 9.92. The molecule has 0 amide bonds. The minimum Gasteiger partial charge on any atom is -0.393 e. The molecule has 7 atom stereocenters. The van der Waals surface area contributed by atoms with Crippen LogP contribution in [-0.4, -0.2) is 48.2 Å². The lowest BCUT2D eigenvalue weighted by Crippen LogP contribution is -2.60. The van der Waals surface area contributed by atoms with Gasteiger partial charge in [-0.05, 0) is 43.6 Å². The maximum absolute atomic E-state index is 13.3. The Morgan fingerprint density at radius 3 is 2.77 bits per heavy atom. The third kappa shape index (κ3) is 2.62. The molecule has 5 heteroatoms. The zero-order valence-electron chi connectivity index (χ0n) is 16.0. The molecule has 4 aliphatic rings. The summed E-state index contributed by atoms with van der Waals surface area (Å²) in [6.45, 7) is 6.81. The summed E-state index contributed by atoms with van der Waals surface area (Å²) in [6, 6.07) is 0. The molecule has 1 N–H and O–H groups in total. The minimum absolute atomic E-state index is 0.0121. The highest BCUT2D eigenvalue weighted by Gasteiger charge is 2.60. The van der Waals surface area contributed by atoms with E-state index in [-0.39, 0.29) is 47.4 Å². The van der Waals surface area contributed by atoms with Crippen LogP contribution in [0.15, 0.2) is 11.6 Å².